The van der Waals surface area contributed by atoms with E-state index in [9.17, 15) is 14.0 Å². The quantitative estimate of drug-likeness (QED) is 0.300. The molecule has 9 nitrogen and oxygen atoms in total. The van der Waals surface area contributed by atoms with E-state index < -0.39 is 11.4 Å². The first-order valence-corrected chi connectivity index (χ1v) is 15.3. The minimum Gasteiger partial charge on any atom is -0.444 e. The van der Waals surface area contributed by atoms with Crippen molar-refractivity contribution in [2.75, 3.05) is 19.7 Å². The van der Waals surface area contributed by atoms with Crippen LogP contribution < -0.4 is 5.32 Å². The number of rotatable bonds is 9. The van der Waals surface area contributed by atoms with Crippen molar-refractivity contribution in [1.82, 2.24) is 15.4 Å². The summed E-state index contributed by atoms with van der Waals surface area (Å²) in [5, 5.41) is 8.30. The third kappa shape index (κ3) is 8.32. The third-order valence-corrected chi connectivity index (χ3v) is 8.07. The van der Waals surface area contributed by atoms with Crippen LogP contribution in [0.15, 0.2) is 40.9 Å². The summed E-state index contributed by atoms with van der Waals surface area (Å²) in [7, 11) is 0. The number of halogens is 1. The lowest BCUT2D eigenvalue weighted by atomic mass is 9.91. The molecule has 3 aromatic rings. The molecule has 10 heteroatoms. The topological polar surface area (TPSA) is 103 Å². The summed E-state index contributed by atoms with van der Waals surface area (Å²) in [6.45, 7) is 8.23. The summed E-state index contributed by atoms with van der Waals surface area (Å²) < 4.78 is 36.6. The Labute approximate surface area is 252 Å². The molecule has 1 aromatic heterocycles. The largest absolute Gasteiger partial charge is 0.444 e. The van der Waals surface area contributed by atoms with Crippen LogP contribution in [0, 0.1) is 11.7 Å². The standard InChI is InChI=1S/C33H42FN3O6/c1-33(2,3)42-32(39)37-17-15-22(16-18-37)7-14-28-26-13-10-24(20-35-31(38)23-8-11-25(34)12-9-23)27(30(26)43-36-28)21-41-29-6-4-5-19-40-29/h8-13,22,29H,4-7,14-21H2,1-3H3,(H,35,38). The summed E-state index contributed by atoms with van der Waals surface area (Å²) in [5.74, 6) is -0.199. The van der Waals surface area contributed by atoms with E-state index in [4.69, 9.17) is 18.7 Å². The highest BCUT2D eigenvalue weighted by Crippen LogP contribution is 2.30. The fourth-order valence-electron chi connectivity index (χ4n) is 5.62. The molecule has 1 N–H and O–H groups in total. The Kier molecular flexibility index (Phi) is 9.97. The first kappa shape index (κ1) is 30.9. The van der Waals surface area contributed by atoms with Crippen molar-refractivity contribution in [3.8, 4) is 0 Å². The second-order valence-electron chi connectivity index (χ2n) is 12.5. The smallest absolute Gasteiger partial charge is 0.410 e. The van der Waals surface area contributed by atoms with Crippen molar-refractivity contribution < 1.29 is 32.7 Å². The second-order valence-corrected chi connectivity index (χ2v) is 12.5. The highest BCUT2D eigenvalue weighted by atomic mass is 19.1. The van der Waals surface area contributed by atoms with Crippen LogP contribution in [0.1, 0.15) is 86.5 Å². The number of benzene rings is 2. The lowest BCUT2D eigenvalue weighted by Crippen LogP contribution is -2.41. The third-order valence-electron chi connectivity index (χ3n) is 8.07. The van der Waals surface area contributed by atoms with Gasteiger partial charge in [-0.25, -0.2) is 9.18 Å². The minimum absolute atomic E-state index is 0.244. The summed E-state index contributed by atoms with van der Waals surface area (Å²) in [6.07, 6.45) is 5.95. The van der Waals surface area contributed by atoms with E-state index in [1.807, 2.05) is 32.9 Å². The summed E-state index contributed by atoms with van der Waals surface area (Å²) in [5.41, 5.74) is 3.12. The van der Waals surface area contributed by atoms with Gasteiger partial charge >= 0.3 is 6.09 Å². The Hall–Kier alpha value is -3.50. The van der Waals surface area contributed by atoms with Crippen LogP contribution in [0.5, 0.6) is 0 Å². The summed E-state index contributed by atoms with van der Waals surface area (Å²) in [6, 6.07) is 9.43. The number of ether oxygens (including phenoxy) is 3. The molecule has 0 saturated carbocycles. The molecule has 0 spiro atoms. The number of aromatic nitrogens is 1. The van der Waals surface area contributed by atoms with E-state index in [1.54, 1.807) is 4.90 Å². The maximum absolute atomic E-state index is 13.3. The normalized spacial score (nSPS) is 18.1. The maximum Gasteiger partial charge on any atom is 0.410 e. The van der Waals surface area contributed by atoms with Gasteiger partial charge in [-0.15, -0.1) is 0 Å². The first-order chi connectivity index (χ1) is 20.7. The van der Waals surface area contributed by atoms with E-state index in [2.05, 4.69) is 10.5 Å². The molecule has 0 bridgehead atoms. The Morgan fingerprint density at radius 3 is 2.53 bits per heavy atom. The number of piperidine rings is 1. The van der Waals surface area contributed by atoms with Crippen LogP contribution in [0.4, 0.5) is 9.18 Å². The number of amides is 2. The van der Waals surface area contributed by atoms with Gasteiger partial charge in [-0.2, -0.15) is 0 Å². The van der Waals surface area contributed by atoms with Crippen LogP contribution in [-0.4, -0.2) is 53.6 Å². The molecule has 0 radical (unpaired) electrons. The van der Waals surface area contributed by atoms with E-state index >= 15 is 0 Å². The SMILES string of the molecule is CC(C)(C)OC(=O)N1CCC(CCc2noc3c(COC4CCCCO4)c(CNC(=O)c4ccc(F)cc4)ccc23)CC1. The molecular formula is C33H42FN3O6. The van der Waals surface area contributed by atoms with Crippen molar-refractivity contribution >= 4 is 23.0 Å². The van der Waals surface area contributed by atoms with Crippen molar-refractivity contribution in [3.63, 3.8) is 0 Å². The second kappa shape index (κ2) is 13.9. The van der Waals surface area contributed by atoms with Crippen LogP contribution in [0.2, 0.25) is 0 Å². The van der Waals surface area contributed by atoms with E-state index in [1.165, 1.54) is 24.3 Å². The number of hydrogen-bond acceptors (Lipinski definition) is 7. The number of carbonyl (C=O) groups excluding carboxylic acids is 2. The number of carbonyl (C=O) groups is 2. The van der Waals surface area contributed by atoms with Crippen molar-refractivity contribution in [3.05, 3.63) is 64.6 Å². The molecule has 232 valence electrons. The van der Waals surface area contributed by atoms with Gasteiger partial charge in [-0.1, -0.05) is 11.2 Å². The van der Waals surface area contributed by atoms with Crippen LogP contribution in [-0.2, 0) is 33.8 Å². The van der Waals surface area contributed by atoms with Gasteiger partial charge in [-0.05, 0) is 108 Å². The zero-order valence-corrected chi connectivity index (χ0v) is 25.3. The fourth-order valence-corrected chi connectivity index (χ4v) is 5.62. The number of hydrogen-bond donors (Lipinski definition) is 1. The monoisotopic (exact) mass is 595 g/mol. The predicted molar refractivity (Wildman–Crippen MR) is 159 cm³/mol. The minimum atomic E-state index is -0.497. The molecule has 3 heterocycles. The van der Waals surface area contributed by atoms with Gasteiger partial charge in [0.05, 0.1) is 12.3 Å². The highest BCUT2D eigenvalue weighted by molar-refractivity contribution is 5.94. The zero-order valence-electron chi connectivity index (χ0n) is 25.3. The molecule has 2 aromatic carbocycles. The van der Waals surface area contributed by atoms with Crippen molar-refractivity contribution in [2.24, 2.45) is 5.92 Å². The molecule has 2 fully saturated rings. The molecule has 2 aliphatic heterocycles. The van der Waals surface area contributed by atoms with Gasteiger partial charge in [0.2, 0.25) is 0 Å². The summed E-state index contributed by atoms with van der Waals surface area (Å²) >= 11 is 0. The molecular weight excluding hydrogens is 553 g/mol. The Morgan fingerprint density at radius 1 is 1.07 bits per heavy atom. The average Bonchev–Trinajstić information content (AvgIpc) is 3.41. The van der Waals surface area contributed by atoms with Crippen molar-refractivity contribution in [1.29, 1.82) is 0 Å². The lowest BCUT2D eigenvalue weighted by Gasteiger charge is -2.33. The predicted octanol–water partition coefficient (Wildman–Crippen LogP) is 6.52. The fraction of sp³-hybridized carbons (Fsp3) is 0.545. The average molecular weight is 596 g/mol. The summed E-state index contributed by atoms with van der Waals surface area (Å²) in [4.78, 5) is 26.9. The molecule has 2 saturated heterocycles. The molecule has 1 atom stereocenters. The molecule has 43 heavy (non-hydrogen) atoms. The van der Waals surface area contributed by atoms with Gasteiger partial charge in [-0.3, -0.25) is 4.79 Å². The van der Waals surface area contributed by atoms with Gasteiger partial charge < -0.3 is 29.0 Å². The molecule has 1 unspecified atom stereocenters. The van der Waals surface area contributed by atoms with Crippen LogP contribution in [0.25, 0.3) is 11.0 Å². The Morgan fingerprint density at radius 2 is 1.84 bits per heavy atom. The van der Waals surface area contributed by atoms with Crippen LogP contribution >= 0.6 is 0 Å². The van der Waals surface area contributed by atoms with Crippen LogP contribution in [0.3, 0.4) is 0 Å². The Bertz CT molecular complexity index is 1390. The number of nitrogens with zero attached hydrogens (tertiary/aromatic N) is 2. The molecule has 5 rings (SSSR count). The molecule has 0 aliphatic carbocycles. The first-order valence-electron chi connectivity index (χ1n) is 15.3. The molecule has 2 aliphatic rings. The van der Waals surface area contributed by atoms with Crippen molar-refractivity contribution in [2.45, 2.75) is 90.8 Å². The zero-order chi connectivity index (χ0) is 30.4. The number of likely N-dealkylation sites (tertiary alicyclic amines) is 1. The number of fused-ring (bicyclic) bond motifs is 1. The Balaban J connectivity index is 1.25. The van der Waals surface area contributed by atoms with E-state index in [0.29, 0.717) is 36.8 Å². The van der Waals surface area contributed by atoms with Gasteiger partial charge in [0.25, 0.3) is 5.91 Å². The maximum atomic E-state index is 13.3. The van der Waals surface area contributed by atoms with E-state index in [-0.39, 0.29) is 31.4 Å². The van der Waals surface area contributed by atoms with E-state index in [0.717, 1.165) is 67.2 Å². The highest BCUT2D eigenvalue weighted by Gasteiger charge is 2.27. The van der Waals surface area contributed by atoms with Gasteiger partial charge in [0, 0.05) is 42.8 Å². The van der Waals surface area contributed by atoms with Gasteiger partial charge in [0.1, 0.15) is 11.4 Å². The van der Waals surface area contributed by atoms with Gasteiger partial charge in [0.15, 0.2) is 11.9 Å². The lowest BCUT2D eigenvalue weighted by molar-refractivity contribution is -0.168. The number of nitrogens with one attached hydrogen (secondary N) is 1. The number of aryl methyl sites for hydroxylation is 1. The molecule has 2 amide bonds.